The van der Waals surface area contributed by atoms with Crippen molar-refractivity contribution in [1.29, 1.82) is 0 Å². The van der Waals surface area contributed by atoms with Gasteiger partial charge in [-0.1, -0.05) is 41.7 Å². The summed E-state index contributed by atoms with van der Waals surface area (Å²) in [5.74, 6) is 0.567. The monoisotopic (exact) mass is 380 g/mol. The number of hydrogen-bond donors (Lipinski definition) is 0. The molecule has 6 heteroatoms. The largest absolute Gasteiger partial charge is 0.463 e. The van der Waals surface area contributed by atoms with Crippen LogP contribution in [0.25, 0.3) is 11.5 Å². The molecule has 0 unspecified atom stereocenters. The van der Waals surface area contributed by atoms with E-state index < -0.39 is 0 Å². The molecule has 3 aromatic heterocycles. The normalized spacial score (nSPS) is 10.8. The number of hydrogen-bond acceptors (Lipinski definition) is 6. The third kappa shape index (κ3) is 3.09. The highest BCUT2D eigenvalue weighted by molar-refractivity contribution is 7.19. The summed E-state index contributed by atoms with van der Waals surface area (Å²) in [6, 6.07) is 17.0. The minimum Gasteiger partial charge on any atom is -0.463 e. The van der Waals surface area contributed by atoms with E-state index in [1.165, 1.54) is 11.3 Å². The minimum atomic E-state index is -0.0389. The van der Waals surface area contributed by atoms with Crippen LogP contribution in [0.3, 0.4) is 0 Å². The number of thiophene rings is 1. The maximum absolute atomic E-state index is 13.1. The lowest BCUT2D eigenvalue weighted by molar-refractivity contribution is 0.104. The third-order valence-electron chi connectivity index (χ3n) is 3.93. The highest BCUT2D eigenvalue weighted by Gasteiger charge is 2.25. The molecule has 4 nitrogen and oxygen atoms in total. The summed E-state index contributed by atoms with van der Waals surface area (Å²) in [7, 11) is 0. The van der Waals surface area contributed by atoms with Gasteiger partial charge < -0.3 is 9.32 Å². The Morgan fingerprint density at radius 3 is 2.62 bits per heavy atom. The average molecular weight is 380 g/mol. The summed E-state index contributed by atoms with van der Waals surface area (Å²) in [6.07, 6.45) is 1.60. The molecule has 0 atom stereocenters. The van der Waals surface area contributed by atoms with Crippen molar-refractivity contribution in [3.8, 4) is 11.5 Å². The predicted octanol–water partition coefficient (Wildman–Crippen LogP) is 5.85. The number of benzene rings is 1. The van der Waals surface area contributed by atoms with Crippen molar-refractivity contribution in [2.75, 3.05) is 11.4 Å². The zero-order valence-corrected chi connectivity index (χ0v) is 15.7. The summed E-state index contributed by atoms with van der Waals surface area (Å²) < 4.78 is 5.54. The molecule has 0 aliphatic rings. The van der Waals surface area contributed by atoms with Gasteiger partial charge in [0, 0.05) is 12.1 Å². The van der Waals surface area contributed by atoms with E-state index in [-0.39, 0.29) is 5.78 Å². The number of carbonyl (C=O) groups is 1. The zero-order valence-electron chi connectivity index (χ0n) is 14.1. The molecule has 0 fully saturated rings. The first-order valence-electron chi connectivity index (χ1n) is 8.23. The van der Waals surface area contributed by atoms with Gasteiger partial charge in [0.2, 0.25) is 5.78 Å². The summed E-state index contributed by atoms with van der Waals surface area (Å²) in [5.41, 5.74) is 1.24. The summed E-state index contributed by atoms with van der Waals surface area (Å²) >= 11 is 3.06. The van der Waals surface area contributed by atoms with Gasteiger partial charge >= 0.3 is 0 Å². The molecule has 130 valence electrons. The second-order valence-corrected chi connectivity index (χ2v) is 7.45. The van der Waals surface area contributed by atoms with Crippen molar-refractivity contribution in [2.45, 2.75) is 6.92 Å². The van der Waals surface area contributed by atoms with E-state index >= 15 is 0 Å². The van der Waals surface area contributed by atoms with Crippen LogP contribution in [0.1, 0.15) is 22.2 Å². The number of anilines is 2. The Hall–Kier alpha value is -2.70. The number of furan rings is 1. The highest BCUT2D eigenvalue weighted by atomic mass is 32.1. The topological polar surface area (TPSA) is 46.3 Å². The molecule has 3 heterocycles. The molecular formula is C20H16N2O2S2. The molecular weight excluding hydrogens is 364 g/mol. The second kappa shape index (κ2) is 7.27. The number of ketones is 1. The standard InChI is InChI=1S/C20H16N2O2S2/c1-2-22(16-11-7-13-25-16)20-21-17(15-10-6-12-24-15)19(26-20)18(23)14-8-4-3-5-9-14/h3-13H,2H2,1H3. The van der Waals surface area contributed by atoms with Crippen LogP contribution in [0.15, 0.2) is 70.7 Å². The van der Waals surface area contributed by atoms with E-state index in [2.05, 4.69) is 17.9 Å². The molecule has 0 spiro atoms. The molecule has 0 bridgehead atoms. The fraction of sp³-hybridized carbons (Fsp3) is 0.100. The first kappa shape index (κ1) is 16.8. The number of nitrogens with zero attached hydrogens (tertiary/aromatic N) is 2. The van der Waals surface area contributed by atoms with E-state index in [9.17, 15) is 4.79 Å². The summed E-state index contributed by atoms with van der Waals surface area (Å²) in [4.78, 5) is 20.6. The van der Waals surface area contributed by atoms with Gasteiger partial charge in [-0.2, -0.15) is 0 Å². The lowest BCUT2D eigenvalue weighted by Crippen LogP contribution is -2.14. The Labute approximate surface area is 159 Å². The molecule has 0 N–H and O–H groups in total. The van der Waals surface area contributed by atoms with Gasteiger partial charge in [-0.3, -0.25) is 4.79 Å². The van der Waals surface area contributed by atoms with E-state index in [0.717, 1.165) is 16.7 Å². The summed E-state index contributed by atoms with van der Waals surface area (Å²) in [6.45, 7) is 2.84. The molecule has 4 aromatic rings. The van der Waals surface area contributed by atoms with Gasteiger partial charge in [-0.05, 0) is 36.6 Å². The first-order valence-corrected chi connectivity index (χ1v) is 9.93. The maximum atomic E-state index is 13.1. The van der Waals surface area contributed by atoms with E-state index in [1.807, 2.05) is 53.9 Å². The quantitative estimate of drug-likeness (QED) is 0.393. The molecule has 26 heavy (non-hydrogen) atoms. The Kier molecular flexibility index (Phi) is 4.69. The van der Waals surface area contributed by atoms with Crippen molar-refractivity contribution in [3.63, 3.8) is 0 Å². The Bertz CT molecular complexity index is 990. The zero-order chi connectivity index (χ0) is 17.9. The number of aromatic nitrogens is 1. The minimum absolute atomic E-state index is 0.0389. The smallest absolute Gasteiger partial charge is 0.205 e. The van der Waals surface area contributed by atoms with E-state index in [1.54, 1.807) is 17.6 Å². The Balaban J connectivity index is 1.82. The molecule has 0 saturated carbocycles. The van der Waals surface area contributed by atoms with Crippen molar-refractivity contribution in [2.24, 2.45) is 0 Å². The third-order valence-corrected chi connectivity index (χ3v) is 5.90. The van der Waals surface area contributed by atoms with Crippen LogP contribution in [-0.2, 0) is 0 Å². The maximum Gasteiger partial charge on any atom is 0.205 e. The van der Waals surface area contributed by atoms with Gasteiger partial charge in [0.25, 0.3) is 0 Å². The Morgan fingerprint density at radius 1 is 1.12 bits per heavy atom. The van der Waals surface area contributed by atoms with Crippen LogP contribution in [0.5, 0.6) is 0 Å². The SMILES string of the molecule is CCN(c1cccs1)c1nc(-c2ccco2)c(C(=O)c2ccccc2)s1. The van der Waals surface area contributed by atoms with E-state index in [0.29, 0.717) is 21.9 Å². The molecule has 0 saturated heterocycles. The lowest BCUT2D eigenvalue weighted by atomic mass is 10.1. The van der Waals surface area contributed by atoms with Crippen LogP contribution in [0.4, 0.5) is 10.1 Å². The van der Waals surface area contributed by atoms with Gasteiger partial charge in [-0.25, -0.2) is 4.98 Å². The van der Waals surface area contributed by atoms with Crippen molar-refractivity contribution in [3.05, 3.63) is 76.7 Å². The van der Waals surface area contributed by atoms with Crippen LogP contribution in [-0.4, -0.2) is 17.3 Å². The van der Waals surface area contributed by atoms with Crippen LogP contribution in [0.2, 0.25) is 0 Å². The molecule has 0 amide bonds. The fourth-order valence-electron chi connectivity index (χ4n) is 2.69. The number of rotatable bonds is 6. The van der Waals surface area contributed by atoms with Crippen molar-refractivity contribution in [1.82, 2.24) is 4.98 Å². The fourth-order valence-corrected chi connectivity index (χ4v) is 4.65. The average Bonchev–Trinajstić information content (AvgIpc) is 3.43. The molecule has 0 aliphatic heterocycles. The van der Waals surface area contributed by atoms with Crippen molar-refractivity contribution >= 4 is 38.6 Å². The van der Waals surface area contributed by atoms with Gasteiger partial charge in [0.1, 0.15) is 10.6 Å². The lowest BCUT2D eigenvalue weighted by Gasteiger charge is -2.17. The van der Waals surface area contributed by atoms with Crippen molar-refractivity contribution < 1.29 is 9.21 Å². The summed E-state index contributed by atoms with van der Waals surface area (Å²) in [5, 5.41) is 3.93. The van der Waals surface area contributed by atoms with Gasteiger partial charge in [0.05, 0.1) is 11.3 Å². The van der Waals surface area contributed by atoms with Gasteiger partial charge in [0.15, 0.2) is 10.9 Å². The molecule has 0 radical (unpaired) electrons. The first-order chi connectivity index (χ1) is 12.8. The van der Waals surface area contributed by atoms with Gasteiger partial charge in [-0.15, -0.1) is 11.3 Å². The highest BCUT2D eigenvalue weighted by Crippen LogP contribution is 2.38. The number of carbonyl (C=O) groups excluding carboxylic acids is 1. The van der Waals surface area contributed by atoms with E-state index in [4.69, 9.17) is 9.40 Å². The number of thiazole rings is 1. The van der Waals surface area contributed by atoms with Crippen LogP contribution in [0, 0.1) is 0 Å². The second-order valence-electron chi connectivity index (χ2n) is 5.54. The predicted molar refractivity (Wildman–Crippen MR) is 107 cm³/mol. The molecule has 1 aromatic carbocycles. The Morgan fingerprint density at radius 2 is 1.96 bits per heavy atom. The van der Waals surface area contributed by atoms with Crippen LogP contribution < -0.4 is 4.90 Å². The molecule has 4 rings (SSSR count). The van der Waals surface area contributed by atoms with Crippen LogP contribution >= 0.6 is 22.7 Å². The molecule has 0 aliphatic carbocycles.